The van der Waals surface area contributed by atoms with E-state index < -0.39 is 5.97 Å². The minimum absolute atomic E-state index is 0.224. The molecule has 0 amide bonds. The Hall–Kier alpha value is -1.47. The molecule has 1 heterocycles. The molecular formula is C10H17N3O4. The highest BCUT2D eigenvalue weighted by Crippen LogP contribution is 2.04. The smallest absolute Gasteiger partial charge is 0.360 e. The molecule has 0 radical (unpaired) electrons. The molecule has 96 valence electrons. The molecule has 0 spiro atoms. The van der Waals surface area contributed by atoms with Gasteiger partial charge in [0, 0.05) is 13.5 Å². The Balaban J connectivity index is 2.38. The van der Waals surface area contributed by atoms with Crippen LogP contribution in [0.5, 0.6) is 0 Å². The monoisotopic (exact) mass is 243 g/mol. The lowest BCUT2D eigenvalue weighted by Crippen LogP contribution is -2.11. The highest BCUT2D eigenvalue weighted by Gasteiger charge is 2.16. The van der Waals surface area contributed by atoms with Crippen molar-refractivity contribution in [1.29, 1.82) is 0 Å². The largest absolute Gasteiger partial charge is 0.461 e. The van der Waals surface area contributed by atoms with E-state index in [1.54, 1.807) is 14.0 Å². The number of aromatic amines is 1. The molecular weight excluding hydrogens is 226 g/mol. The first kappa shape index (κ1) is 13.6. The fourth-order valence-electron chi connectivity index (χ4n) is 1.20. The van der Waals surface area contributed by atoms with E-state index >= 15 is 0 Å². The number of H-pyrrole nitrogens is 1. The second-order valence-corrected chi connectivity index (χ2v) is 3.19. The van der Waals surface area contributed by atoms with E-state index in [-0.39, 0.29) is 5.69 Å². The van der Waals surface area contributed by atoms with Crippen LogP contribution in [-0.4, -0.2) is 54.9 Å². The van der Waals surface area contributed by atoms with E-state index in [0.29, 0.717) is 38.5 Å². The van der Waals surface area contributed by atoms with Crippen LogP contribution in [0, 0.1) is 0 Å². The second kappa shape index (κ2) is 7.75. The molecule has 0 aromatic carbocycles. The SMILES string of the molecule is CCOC(=O)c1n[nH]nc1CCOCCOC. The number of esters is 1. The van der Waals surface area contributed by atoms with Crippen LogP contribution in [-0.2, 0) is 20.6 Å². The maximum Gasteiger partial charge on any atom is 0.360 e. The van der Waals surface area contributed by atoms with E-state index in [9.17, 15) is 4.79 Å². The fourth-order valence-corrected chi connectivity index (χ4v) is 1.20. The van der Waals surface area contributed by atoms with Crippen molar-refractivity contribution in [3.05, 3.63) is 11.4 Å². The molecule has 7 heteroatoms. The zero-order chi connectivity index (χ0) is 12.5. The van der Waals surface area contributed by atoms with Crippen molar-refractivity contribution >= 4 is 5.97 Å². The van der Waals surface area contributed by atoms with Gasteiger partial charge in [-0.25, -0.2) is 4.79 Å². The van der Waals surface area contributed by atoms with Crippen molar-refractivity contribution < 1.29 is 19.0 Å². The molecule has 0 unspecified atom stereocenters. The number of carbonyl (C=O) groups is 1. The highest BCUT2D eigenvalue weighted by atomic mass is 16.5. The molecule has 0 aliphatic carbocycles. The third kappa shape index (κ3) is 4.49. The average molecular weight is 243 g/mol. The zero-order valence-corrected chi connectivity index (χ0v) is 10.1. The maximum absolute atomic E-state index is 11.5. The highest BCUT2D eigenvalue weighted by molar-refractivity contribution is 5.88. The molecule has 7 nitrogen and oxygen atoms in total. The van der Waals surface area contributed by atoms with Crippen LogP contribution < -0.4 is 0 Å². The molecule has 1 rings (SSSR count). The van der Waals surface area contributed by atoms with Gasteiger partial charge < -0.3 is 14.2 Å². The Morgan fingerprint density at radius 3 is 2.82 bits per heavy atom. The number of nitrogens with zero attached hydrogens (tertiary/aromatic N) is 2. The van der Waals surface area contributed by atoms with Crippen molar-refractivity contribution in [2.45, 2.75) is 13.3 Å². The zero-order valence-electron chi connectivity index (χ0n) is 10.1. The molecule has 0 aliphatic heterocycles. The Morgan fingerprint density at radius 2 is 2.12 bits per heavy atom. The molecule has 0 fully saturated rings. The van der Waals surface area contributed by atoms with E-state index in [4.69, 9.17) is 14.2 Å². The van der Waals surface area contributed by atoms with Crippen molar-refractivity contribution in [2.24, 2.45) is 0 Å². The van der Waals surface area contributed by atoms with E-state index in [0.717, 1.165) is 0 Å². The van der Waals surface area contributed by atoms with Gasteiger partial charge in [0.2, 0.25) is 0 Å². The van der Waals surface area contributed by atoms with Gasteiger partial charge in [0.25, 0.3) is 0 Å². The predicted molar refractivity (Wildman–Crippen MR) is 58.7 cm³/mol. The van der Waals surface area contributed by atoms with Crippen LogP contribution in [0.2, 0.25) is 0 Å². The fraction of sp³-hybridized carbons (Fsp3) is 0.700. The molecule has 1 N–H and O–H groups in total. The Kier molecular flexibility index (Phi) is 6.19. The van der Waals surface area contributed by atoms with Gasteiger partial charge in [0.05, 0.1) is 32.1 Å². The Morgan fingerprint density at radius 1 is 1.29 bits per heavy atom. The summed E-state index contributed by atoms with van der Waals surface area (Å²) in [4.78, 5) is 11.5. The lowest BCUT2D eigenvalue weighted by molar-refractivity contribution is 0.0515. The normalized spacial score (nSPS) is 10.5. The summed E-state index contributed by atoms with van der Waals surface area (Å²) in [7, 11) is 1.61. The van der Waals surface area contributed by atoms with Gasteiger partial charge in [-0.05, 0) is 6.92 Å². The van der Waals surface area contributed by atoms with Crippen LogP contribution in [0.1, 0.15) is 23.1 Å². The van der Waals surface area contributed by atoms with Crippen LogP contribution >= 0.6 is 0 Å². The quantitative estimate of drug-likeness (QED) is 0.518. The second-order valence-electron chi connectivity index (χ2n) is 3.19. The average Bonchev–Trinajstić information content (AvgIpc) is 2.77. The molecule has 0 saturated heterocycles. The Labute approximate surface area is 99.4 Å². The number of aromatic nitrogens is 3. The predicted octanol–water partition coefficient (Wildman–Crippen LogP) is 0.187. The summed E-state index contributed by atoms with van der Waals surface area (Å²) in [5.41, 5.74) is 0.781. The van der Waals surface area contributed by atoms with Crippen LogP contribution in [0.15, 0.2) is 0 Å². The van der Waals surface area contributed by atoms with Gasteiger partial charge in [-0.1, -0.05) is 0 Å². The Bertz CT molecular complexity index is 340. The number of rotatable bonds is 8. The van der Waals surface area contributed by atoms with Gasteiger partial charge in [0.15, 0.2) is 5.69 Å². The molecule has 1 aromatic heterocycles. The standard InChI is InChI=1S/C10H17N3O4/c1-3-17-10(14)9-8(11-13-12-9)4-5-16-7-6-15-2/h3-7H2,1-2H3,(H,11,12,13). The van der Waals surface area contributed by atoms with E-state index in [2.05, 4.69) is 15.4 Å². The molecule has 0 saturated carbocycles. The van der Waals surface area contributed by atoms with Crippen molar-refractivity contribution in [2.75, 3.05) is 33.5 Å². The first-order chi connectivity index (χ1) is 8.29. The third-order valence-corrected chi connectivity index (χ3v) is 2.00. The van der Waals surface area contributed by atoms with Crippen molar-refractivity contribution in [3.63, 3.8) is 0 Å². The number of hydrogen-bond donors (Lipinski definition) is 1. The lowest BCUT2D eigenvalue weighted by Gasteiger charge is -2.03. The first-order valence-corrected chi connectivity index (χ1v) is 5.43. The van der Waals surface area contributed by atoms with Crippen molar-refractivity contribution in [3.8, 4) is 0 Å². The number of ether oxygens (including phenoxy) is 3. The van der Waals surface area contributed by atoms with E-state index in [1.165, 1.54) is 0 Å². The van der Waals surface area contributed by atoms with Gasteiger partial charge in [-0.15, -0.1) is 5.10 Å². The summed E-state index contributed by atoms with van der Waals surface area (Å²) in [6, 6.07) is 0. The van der Waals surface area contributed by atoms with Gasteiger partial charge >= 0.3 is 5.97 Å². The molecule has 0 atom stereocenters. The molecule has 1 aromatic rings. The lowest BCUT2D eigenvalue weighted by atomic mass is 10.2. The summed E-state index contributed by atoms with van der Waals surface area (Å²) < 4.78 is 15.0. The maximum atomic E-state index is 11.5. The number of hydrogen-bond acceptors (Lipinski definition) is 6. The minimum atomic E-state index is -0.465. The van der Waals surface area contributed by atoms with E-state index in [1.807, 2.05) is 0 Å². The molecule has 0 aliphatic rings. The topological polar surface area (TPSA) is 86.3 Å². The number of carbonyl (C=O) groups excluding carboxylic acids is 1. The number of nitrogens with one attached hydrogen (secondary N) is 1. The van der Waals surface area contributed by atoms with Gasteiger partial charge in [-0.3, -0.25) is 0 Å². The summed E-state index contributed by atoms with van der Waals surface area (Å²) >= 11 is 0. The summed E-state index contributed by atoms with van der Waals surface area (Å²) in [6.45, 7) is 3.58. The summed E-state index contributed by atoms with van der Waals surface area (Å²) in [5.74, 6) is -0.465. The van der Waals surface area contributed by atoms with Crippen LogP contribution in [0.25, 0.3) is 0 Å². The van der Waals surface area contributed by atoms with Gasteiger partial charge in [-0.2, -0.15) is 10.3 Å². The third-order valence-electron chi connectivity index (χ3n) is 2.00. The van der Waals surface area contributed by atoms with Crippen molar-refractivity contribution in [1.82, 2.24) is 15.4 Å². The molecule has 17 heavy (non-hydrogen) atoms. The minimum Gasteiger partial charge on any atom is -0.461 e. The summed E-state index contributed by atoms with van der Waals surface area (Å²) in [6.07, 6.45) is 0.508. The molecule has 0 bridgehead atoms. The number of methoxy groups -OCH3 is 1. The van der Waals surface area contributed by atoms with Crippen LogP contribution in [0.3, 0.4) is 0 Å². The summed E-state index contributed by atoms with van der Waals surface area (Å²) in [5, 5.41) is 10.1. The van der Waals surface area contributed by atoms with Crippen LogP contribution in [0.4, 0.5) is 0 Å². The first-order valence-electron chi connectivity index (χ1n) is 5.43. The van der Waals surface area contributed by atoms with Gasteiger partial charge in [0.1, 0.15) is 0 Å².